The highest BCUT2D eigenvalue weighted by atomic mass is 14.2. The molecule has 1 atom stereocenters. The van der Waals surface area contributed by atoms with Crippen LogP contribution < -0.4 is 0 Å². The average molecular weight is 144 g/mol. The molecule has 0 bridgehead atoms. The average Bonchev–Trinajstić information content (AvgIpc) is 1.89. The maximum absolute atomic E-state index is 2.31. The van der Waals surface area contributed by atoms with Crippen molar-refractivity contribution in [1.29, 1.82) is 0 Å². The third-order valence-corrected chi connectivity index (χ3v) is 2.09. The first-order chi connectivity index (χ1) is 4.48. The molecule has 0 unspecified atom stereocenters. The van der Waals surface area contributed by atoms with Crippen molar-refractivity contribution in [3.63, 3.8) is 0 Å². The predicted molar refractivity (Wildman–Crippen MR) is 50.3 cm³/mol. The van der Waals surface area contributed by atoms with Crippen LogP contribution in [-0.2, 0) is 0 Å². The maximum Gasteiger partial charge on any atom is -0.0357 e. The van der Waals surface area contributed by atoms with Gasteiger partial charge in [-0.05, 0) is 11.3 Å². The van der Waals surface area contributed by atoms with Gasteiger partial charge in [0.2, 0.25) is 0 Å². The van der Waals surface area contributed by atoms with Gasteiger partial charge in [0, 0.05) is 0 Å². The van der Waals surface area contributed by atoms with Crippen LogP contribution in [0.4, 0.5) is 0 Å². The molecule has 0 spiro atoms. The highest BCUT2D eigenvalue weighted by molar-refractivity contribution is 4.67. The van der Waals surface area contributed by atoms with E-state index >= 15 is 0 Å². The lowest BCUT2D eigenvalue weighted by Crippen LogP contribution is -2.15. The summed E-state index contributed by atoms with van der Waals surface area (Å²) in [5, 5.41) is 0. The summed E-state index contributed by atoms with van der Waals surface area (Å²) in [6, 6.07) is 0. The summed E-state index contributed by atoms with van der Waals surface area (Å²) in [5.74, 6) is 0.850. The van der Waals surface area contributed by atoms with Crippen LogP contribution in [0.5, 0.6) is 0 Å². The molecule has 0 aliphatic carbocycles. The molecule has 0 saturated carbocycles. The quantitative estimate of drug-likeness (QED) is 0.519. The number of rotatable bonds is 1. The Labute approximate surface area is 67.0 Å². The fourth-order valence-corrected chi connectivity index (χ4v) is 0.612. The second kappa shape index (κ2) is 5.76. The molecule has 64 valence electrons. The molecule has 0 rings (SSSR count). The van der Waals surface area contributed by atoms with E-state index in [-0.39, 0.29) is 0 Å². The Morgan fingerprint density at radius 2 is 1.40 bits per heavy atom. The van der Waals surface area contributed by atoms with Crippen molar-refractivity contribution in [2.45, 2.75) is 54.9 Å². The minimum absolute atomic E-state index is 0.509. The van der Waals surface area contributed by atoms with E-state index in [0.29, 0.717) is 5.41 Å². The zero-order valence-corrected chi connectivity index (χ0v) is 8.78. The molecule has 0 aliphatic heterocycles. The van der Waals surface area contributed by atoms with Gasteiger partial charge in [-0.2, -0.15) is 0 Å². The Morgan fingerprint density at radius 1 is 1.10 bits per heavy atom. The molecule has 0 aromatic carbocycles. The molecule has 0 aromatic heterocycles. The maximum atomic E-state index is 2.31. The van der Waals surface area contributed by atoms with Crippen molar-refractivity contribution in [2.75, 3.05) is 0 Å². The van der Waals surface area contributed by atoms with Gasteiger partial charge >= 0.3 is 0 Å². The van der Waals surface area contributed by atoms with Gasteiger partial charge in [-0.1, -0.05) is 54.9 Å². The zero-order valence-electron chi connectivity index (χ0n) is 8.78. The van der Waals surface area contributed by atoms with E-state index in [4.69, 9.17) is 0 Å². The van der Waals surface area contributed by atoms with Crippen molar-refractivity contribution < 1.29 is 0 Å². The number of hydrogen-bond donors (Lipinski definition) is 0. The van der Waals surface area contributed by atoms with Crippen molar-refractivity contribution >= 4 is 0 Å². The van der Waals surface area contributed by atoms with Gasteiger partial charge in [0.1, 0.15) is 0 Å². The van der Waals surface area contributed by atoms with Gasteiger partial charge in [0.15, 0.2) is 0 Å². The standard InChI is InChI=1S/C8H18.C2H6/c1-6-7(2)8(3,4)5;1-2/h7H,6H2,1-5H3;1-2H3/t7-;/m1./s1. The first-order valence-electron chi connectivity index (χ1n) is 4.48. The Kier molecular flexibility index (Phi) is 7.29. The predicted octanol–water partition coefficient (Wildman–Crippen LogP) is 4.10. The molecule has 0 amide bonds. The van der Waals surface area contributed by atoms with Gasteiger partial charge in [-0.25, -0.2) is 0 Å². The van der Waals surface area contributed by atoms with Crippen LogP contribution >= 0.6 is 0 Å². The molecule has 0 saturated heterocycles. The first kappa shape index (κ1) is 12.7. The molecule has 0 N–H and O–H groups in total. The molecule has 0 radical (unpaired) electrons. The minimum Gasteiger partial charge on any atom is -0.0683 e. The highest BCUT2D eigenvalue weighted by Crippen LogP contribution is 2.27. The lowest BCUT2D eigenvalue weighted by molar-refractivity contribution is 0.254. The van der Waals surface area contributed by atoms with Crippen LogP contribution in [-0.4, -0.2) is 0 Å². The van der Waals surface area contributed by atoms with Gasteiger partial charge < -0.3 is 0 Å². The van der Waals surface area contributed by atoms with Crippen LogP contribution in [0.2, 0.25) is 0 Å². The smallest absolute Gasteiger partial charge is 0.0357 e. The van der Waals surface area contributed by atoms with Gasteiger partial charge in [0.25, 0.3) is 0 Å². The van der Waals surface area contributed by atoms with Crippen molar-refractivity contribution in [3.8, 4) is 0 Å². The molecule has 0 nitrogen and oxygen atoms in total. The SMILES string of the molecule is CC.CC[C@@H](C)C(C)(C)C. The summed E-state index contributed by atoms with van der Waals surface area (Å²) in [7, 11) is 0. The van der Waals surface area contributed by atoms with Gasteiger partial charge in [-0.3, -0.25) is 0 Å². The van der Waals surface area contributed by atoms with Crippen LogP contribution in [0, 0.1) is 11.3 Å². The third kappa shape index (κ3) is 6.12. The Morgan fingerprint density at radius 3 is 1.40 bits per heavy atom. The fraction of sp³-hybridized carbons (Fsp3) is 1.00. The number of hydrogen-bond acceptors (Lipinski definition) is 0. The molecular weight excluding hydrogens is 120 g/mol. The summed E-state index contributed by atoms with van der Waals surface area (Å²) in [6.07, 6.45) is 1.30. The van der Waals surface area contributed by atoms with Crippen LogP contribution in [0.1, 0.15) is 54.9 Å². The third-order valence-electron chi connectivity index (χ3n) is 2.09. The summed E-state index contributed by atoms with van der Waals surface area (Å²) in [5.41, 5.74) is 0.509. The summed E-state index contributed by atoms with van der Waals surface area (Å²) >= 11 is 0. The second-order valence-electron chi connectivity index (χ2n) is 3.68. The molecule has 0 fully saturated rings. The molecule has 0 heterocycles. The summed E-state index contributed by atoms with van der Waals surface area (Å²) < 4.78 is 0. The molecule has 0 aromatic rings. The molecule has 0 aliphatic rings. The van der Waals surface area contributed by atoms with E-state index in [1.54, 1.807) is 0 Å². The molecular formula is C10H24. The van der Waals surface area contributed by atoms with Crippen LogP contribution in [0.15, 0.2) is 0 Å². The van der Waals surface area contributed by atoms with Crippen LogP contribution in [0.25, 0.3) is 0 Å². The normalized spacial score (nSPS) is 13.5. The molecule has 10 heavy (non-hydrogen) atoms. The largest absolute Gasteiger partial charge is 0.0683 e. The summed E-state index contributed by atoms with van der Waals surface area (Å²) in [4.78, 5) is 0. The van der Waals surface area contributed by atoms with E-state index in [0.717, 1.165) is 5.92 Å². The van der Waals surface area contributed by atoms with E-state index in [2.05, 4.69) is 34.6 Å². The monoisotopic (exact) mass is 144 g/mol. The lowest BCUT2D eigenvalue weighted by atomic mass is 9.81. The van der Waals surface area contributed by atoms with Gasteiger partial charge in [-0.15, -0.1) is 0 Å². The van der Waals surface area contributed by atoms with E-state index < -0.39 is 0 Å². The van der Waals surface area contributed by atoms with Gasteiger partial charge in [0.05, 0.1) is 0 Å². The Bertz CT molecular complexity index is 56.9. The van der Waals surface area contributed by atoms with E-state index in [1.807, 2.05) is 13.8 Å². The van der Waals surface area contributed by atoms with Crippen molar-refractivity contribution in [1.82, 2.24) is 0 Å². The minimum atomic E-state index is 0.509. The van der Waals surface area contributed by atoms with Crippen LogP contribution in [0.3, 0.4) is 0 Å². The van der Waals surface area contributed by atoms with Crippen molar-refractivity contribution in [2.24, 2.45) is 11.3 Å². The first-order valence-corrected chi connectivity index (χ1v) is 4.48. The lowest BCUT2D eigenvalue weighted by Gasteiger charge is -2.25. The Balaban J connectivity index is 0. The topological polar surface area (TPSA) is 0 Å². The Hall–Kier alpha value is 0. The fourth-order valence-electron chi connectivity index (χ4n) is 0.612. The second-order valence-corrected chi connectivity index (χ2v) is 3.68. The summed E-state index contributed by atoms with van der Waals surface area (Å²) in [6.45, 7) is 15.4. The zero-order chi connectivity index (χ0) is 8.78. The van der Waals surface area contributed by atoms with E-state index in [9.17, 15) is 0 Å². The molecule has 0 heteroatoms. The highest BCUT2D eigenvalue weighted by Gasteiger charge is 2.16. The van der Waals surface area contributed by atoms with E-state index in [1.165, 1.54) is 6.42 Å². The van der Waals surface area contributed by atoms with Crippen molar-refractivity contribution in [3.05, 3.63) is 0 Å².